The molecular formula is C17H29NO3. The third kappa shape index (κ3) is 3.98. The Bertz CT molecular complexity index is 385. The third-order valence-electron chi connectivity index (χ3n) is 5.59. The zero-order chi connectivity index (χ0) is 15.5. The lowest BCUT2D eigenvalue weighted by molar-refractivity contribution is -0.153. The van der Waals surface area contributed by atoms with Crippen LogP contribution in [-0.2, 0) is 9.59 Å². The molecule has 1 saturated heterocycles. The SMILES string of the molecule is CC(C)(C(=O)O)C1CCCN(C(=O)CCC2CCCC2)C1. The van der Waals surface area contributed by atoms with Crippen molar-refractivity contribution in [1.82, 2.24) is 4.90 Å². The van der Waals surface area contributed by atoms with E-state index in [1.54, 1.807) is 13.8 Å². The number of aliphatic carboxylic acids is 1. The molecule has 1 amide bonds. The van der Waals surface area contributed by atoms with E-state index in [1.807, 2.05) is 4.90 Å². The zero-order valence-corrected chi connectivity index (χ0v) is 13.4. The Morgan fingerprint density at radius 1 is 1.14 bits per heavy atom. The van der Waals surface area contributed by atoms with E-state index < -0.39 is 11.4 Å². The zero-order valence-electron chi connectivity index (χ0n) is 13.4. The summed E-state index contributed by atoms with van der Waals surface area (Å²) in [5.74, 6) is 0.282. The molecule has 1 unspecified atom stereocenters. The van der Waals surface area contributed by atoms with E-state index in [2.05, 4.69) is 0 Å². The molecule has 0 radical (unpaired) electrons. The second kappa shape index (κ2) is 6.80. The van der Waals surface area contributed by atoms with Gasteiger partial charge in [0.15, 0.2) is 0 Å². The number of carboxylic acid groups (broad SMARTS) is 1. The average molecular weight is 295 g/mol. The van der Waals surface area contributed by atoms with Crippen LogP contribution in [0.1, 0.15) is 65.2 Å². The molecule has 120 valence electrons. The minimum atomic E-state index is -0.757. The molecule has 0 spiro atoms. The van der Waals surface area contributed by atoms with E-state index in [1.165, 1.54) is 25.7 Å². The summed E-state index contributed by atoms with van der Waals surface area (Å²) in [5, 5.41) is 9.36. The summed E-state index contributed by atoms with van der Waals surface area (Å²) < 4.78 is 0. The molecule has 21 heavy (non-hydrogen) atoms. The minimum absolute atomic E-state index is 0.0687. The van der Waals surface area contributed by atoms with Gasteiger partial charge in [-0.1, -0.05) is 25.7 Å². The first kappa shape index (κ1) is 16.3. The number of nitrogens with zero attached hydrogens (tertiary/aromatic N) is 1. The third-order valence-corrected chi connectivity index (χ3v) is 5.59. The summed E-state index contributed by atoms with van der Waals surface area (Å²) in [5.41, 5.74) is -0.746. The van der Waals surface area contributed by atoms with Crippen molar-refractivity contribution >= 4 is 11.9 Å². The van der Waals surface area contributed by atoms with Crippen molar-refractivity contribution in [3.05, 3.63) is 0 Å². The normalized spacial score (nSPS) is 24.3. The number of likely N-dealkylation sites (tertiary alicyclic amines) is 1. The van der Waals surface area contributed by atoms with Gasteiger partial charge in [-0.25, -0.2) is 0 Å². The van der Waals surface area contributed by atoms with Crippen LogP contribution < -0.4 is 0 Å². The lowest BCUT2D eigenvalue weighted by atomic mass is 9.74. The molecule has 0 aromatic rings. The van der Waals surface area contributed by atoms with Crippen LogP contribution in [0.4, 0.5) is 0 Å². The predicted octanol–water partition coefficient (Wildman–Crippen LogP) is 3.31. The van der Waals surface area contributed by atoms with E-state index in [0.717, 1.165) is 31.7 Å². The minimum Gasteiger partial charge on any atom is -0.481 e. The second-order valence-electron chi connectivity index (χ2n) is 7.39. The highest BCUT2D eigenvalue weighted by Gasteiger charge is 2.39. The summed E-state index contributed by atoms with van der Waals surface area (Å²) in [6.07, 6.45) is 8.69. The maximum Gasteiger partial charge on any atom is 0.309 e. The number of rotatable bonds is 5. The quantitative estimate of drug-likeness (QED) is 0.846. The molecule has 0 bridgehead atoms. The lowest BCUT2D eigenvalue weighted by Gasteiger charge is -2.39. The number of amides is 1. The summed E-state index contributed by atoms with van der Waals surface area (Å²) in [6, 6.07) is 0. The van der Waals surface area contributed by atoms with Gasteiger partial charge >= 0.3 is 5.97 Å². The molecule has 1 aliphatic carbocycles. The largest absolute Gasteiger partial charge is 0.481 e. The Labute approximate surface area is 127 Å². The first-order valence-electron chi connectivity index (χ1n) is 8.42. The summed E-state index contributed by atoms with van der Waals surface area (Å²) in [4.78, 5) is 25.7. The lowest BCUT2D eigenvalue weighted by Crippen LogP contribution is -2.46. The van der Waals surface area contributed by atoms with E-state index in [9.17, 15) is 14.7 Å². The fourth-order valence-corrected chi connectivity index (χ4v) is 3.75. The highest BCUT2D eigenvalue weighted by atomic mass is 16.4. The molecule has 1 aliphatic heterocycles. The Kier molecular flexibility index (Phi) is 5.28. The fraction of sp³-hybridized carbons (Fsp3) is 0.882. The van der Waals surface area contributed by atoms with E-state index >= 15 is 0 Å². The van der Waals surface area contributed by atoms with Gasteiger partial charge in [0.05, 0.1) is 5.41 Å². The molecule has 0 aromatic carbocycles. The summed E-state index contributed by atoms with van der Waals surface area (Å²) in [7, 11) is 0. The second-order valence-corrected chi connectivity index (χ2v) is 7.39. The smallest absolute Gasteiger partial charge is 0.309 e. The maximum absolute atomic E-state index is 12.4. The van der Waals surface area contributed by atoms with Gasteiger partial charge in [-0.15, -0.1) is 0 Å². The molecule has 4 heteroatoms. The van der Waals surface area contributed by atoms with Crippen molar-refractivity contribution in [2.45, 2.75) is 65.2 Å². The van der Waals surface area contributed by atoms with Crippen molar-refractivity contribution < 1.29 is 14.7 Å². The van der Waals surface area contributed by atoms with Crippen molar-refractivity contribution in [1.29, 1.82) is 0 Å². The summed E-state index contributed by atoms with van der Waals surface area (Å²) >= 11 is 0. The number of carbonyl (C=O) groups is 2. The van der Waals surface area contributed by atoms with Crippen LogP contribution in [0.2, 0.25) is 0 Å². The van der Waals surface area contributed by atoms with E-state index in [4.69, 9.17) is 0 Å². The number of carboxylic acids is 1. The molecule has 1 atom stereocenters. The van der Waals surface area contributed by atoms with Gasteiger partial charge in [0.2, 0.25) is 5.91 Å². The fourth-order valence-electron chi connectivity index (χ4n) is 3.75. The van der Waals surface area contributed by atoms with Crippen molar-refractivity contribution in [2.75, 3.05) is 13.1 Å². The predicted molar refractivity (Wildman–Crippen MR) is 81.9 cm³/mol. The van der Waals surface area contributed by atoms with Crippen LogP contribution in [0.5, 0.6) is 0 Å². The molecule has 2 aliphatic rings. The van der Waals surface area contributed by atoms with Crippen LogP contribution in [0, 0.1) is 17.3 Å². The number of hydrogen-bond acceptors (Lipinski definition) is 2. The monoisotopic (exact) mass is 295 g/mol. The van der Waals surface area contributed by atoms with Gasteiger partial charge in [0, 0.05) is 19.5 Å². The Hall–Kier alpha value is -1.06. The van der Waals surface area contributed by atoms with Gasteiger partial charge in [-0.05, 0) is 44.9 Å². The van der Waals surface area contributed by atoms with Crippen LogP contribution in [0.15, 0.2) is 0 Å². The number of hydrogen-bond donors (Lipinski definition) is 1. The van der Waals surface area contributed by atoms with Gasteiger partial charge in [-0.2, -0.15) is 0 Å². The van der Waals surface area contributed by atoms with E-state index in [-0.39, 0.29) is 11.8 Å². The standard InChI is InChI=1S/C17H29NO3/c1-17(2,16(20)21)14-8-5-11-18(12-14)15(19)10-9-13-6-3-4-7-13/h13-14H,3-12H2,1-2H3,(H,20,21). The Balaban J connectivity index is 1.85. The highest BCUT2D eigenvalue weighted by Crippen LogP contribution is 2.35. The first-order chi connectivity index (χ1) is 9.91. The van der Waals surface area contributed by atoms with Crippen LogP contribution >= 0.6 is 0 Å². The van der Waals surface area contributed by atoms with Crippen molar-refractivity contribution in [3.63, 3.8) is 0 Å². The van der Waals surface area contributed by atoms with Crippen molar-refractivity contribution in [2.24, 2.45) is 17.3 Å². The maximum atomic E-state index is 12.4. The first-order valence-corrected chi connectivity index (χ1v) is 8.42. The molecule has 1 heterocycles. The Morgan fingerprint density at radius 2 is 1.81 bits per heavy atom. The average Bonchev–Trinajstić information content (AvgIpc) is 2.98. The van der Waals surface area contributed by atoms with Gasteiger partial charge in [-0.3, -0.25) is 9.59 Å². The number of carbonyl (C=O) groups excluding carboxylic acids is 1. The molecule has 1 N–H and O–H groups in total. The van der Waals surface area contributed by atoms with Crippen LogP contribution in [0.25, 0.3) is 0 Å². The molecule has 0 aromatic heterocycles. The van der Waals surface area contributed by atoms with Crippen LogP contribution in [0.3, 0.4) is 0 Å². The molecule has 4 nitrogen and oxygen atoms in total. The van der Waals surface area contributed by atoms with Crippen molar-refractivity contribution in [3.8, 4) is 0 Å². The number of piperidine rings is 1. The molecular weight excluding hydrogens is 266 g/mol. The van der Waals surface area contributed by atoms with Gasteiger partial charge in [0.1, 0.15) is 0 Å². The molecule has 2 rings (SSSR count). The van der Waals surface area contributed by atoms with Crippen LogP contribution in [-0.4, -0.2) is 35.0 Å². The highest BCUT2D eigenvalue weighted by molar-refractivity contribution is 5.77. The van der Waals surface area contributed by atoms with Gasteiger partial charge < -0.3 is 10.0 Å². The Morgan fingerprint density at radius 3 is 2.43 bits per heavy atom. The summed E-state index contributed by atoms with van der Waals surface area (Å²) in [6.45, 7) is 4.98. The van der Waals surface area contributed by atoms with E-state index in [0.29, 0.717) is 13.0 Å². The van der Waals surface area contributed by atoms with Gasteiger partial charge in [0.25, 0.3) is 0 Å². The topological polar surface area (TPSA) is 57.6 Å². The molecule has 2 fully saturated rings. The molecule has 1 saturated carbocycles.